The van der Waals surface area contributed by atoms with Gasteiger partial charge in [-0.2, -0.15) is 4.98 Å². The molecule has 0 radical (unpaired) electrons. The van der Waals surface area contributed by atoms with Gasteiger partial charge < -0.3 is 14.8 Å². The maximum absolute atomic E-state index is 8.96. The molecule has 1 heterocycles. The molecule has 1 aromatic heterocycles. The van der Waals surface area contributed by atoms with Crippen LogP contribution in [0.2, 0.25) is 0 Å². The molecular weight excluding hydrogens is 192 g/mol. The quantitative estimate of drug-likeness (QED) is 0.804. The van der Waals surface area contributed by atoms with Gasteiger partial charge in [0.25, 0.3) is 6.01 Å². The highest BCUT2D eigenvalue weighted by atomic mass is 16.5. The summed E-state index contributed by atoms with van der Waals surface area (Å²) in [5.41, 5.74) is 1.43. The zero-order valence-electron chi connectivity index (χ0n) is 8.40. The van der Waals surface area contributed by atoms with E-state index in [1.54, 1.807) is 0 Å². The van der Waals surface area contributed by atoms with E-state index < -0.39 is 0 Å². The molecule has 15 heavy (non-hydrogen) atoms. The number of aromatic nitrogens is 2. The number of aliphatic hydroxyl groups excluding tert-OH is 1. The van der Waals surface area contributed by atoms with Crippen molar-refractivity contribution in [2.75, 3.05) is 0 Å². The van der Waals surface area contributed by atoms with E-state index in [0.29, 0.717) is 11.7 Å². The molecule has 4 nitrogen and oxygen atoms in total. The van der Waals surface area contributed by atoms with Crippen LogP contribution < -0.4 is 4.74 Å². The fourth-order valence-electron chi connectivity index (χ4n) is 1.27. The van der Waals surface area contributed by atoms with Gasteiger partial charge in [-0.05, 0) is 19.1 Å². The van der Waals surface area contributed by atoms with Crippen molar-refractivity contribution in [1.82, 2.24) is 9.97 Å². The number of H-pyrrole nitrogens is 1. The highest BCUT2D eigenvalue weighted by molar-refractivity contribution is 5.25. The van der Waals surface area contributed by atoms with E-state index in [9.17, 15) is 0 Å². The monoisotopic (exact) mass is 204 g/mol. The van der Waals surface area contributed by atoms with Crippen LogP contribution in [0.5, 0.6) is 11.8 Å². The van der Waals surface area contributed by atoms with Crippen LogP contribution in [0, 0.1) is 6.92 Å². The Kier molecular flexibility index (Phi) is 2.69. The zero-order valence-corrected chi connectivity index (χ0v) is 8.40. The van der Waals surface area contributed by atoms with E-state index in [0.717, 1.165) is 11.4 Å². The number of para-hydroxylation sites is 1. The predicted octanol–water partition coefficient (Wildman–Crippen LogP) is 2.00. The topological polar surface area (TPSA) is 58.1 Å². The molecule has 0 spiro atoms. The van der Waals surface area contributed by atoms with E-state index in [1.165, 1.54) is 0 Å². The van der Waals surface area contributed by atoms with Crippen molar-refractivity contribution < 1.29 is 9.84 Å². The van der Waals surface area contributed by atoms with E-state index in [-0.39, 0.29) is 6.61 Å². The second-order valence-electron chi connectivity index (χ2n) is 3.19. The number of ether oxygens (including phenoxy) is 1. The predicted molar refractivity (Wildman–Crippen MR) is 55.8 cm³/mol. The molecule has 0 aliphatic heterocycles. The van der Waals surface area contributed by atoms with Gasteiger partial charge in [0, 0.05) is 5.69 Å². The van der Waals surface area contributed by atoms with Gasteiger partial charge in [-0.1, -0.05) is 18.2 Å². The van der Waals surface area contributed by atoms with Crippen molar-refractivity contribution in [2.45, 2.75) is 13.5 Å². The largest absolute Gasteiger partial charge is 0.426 e. The highest BCUT2D eigenvalue weighted by Crippen LogP contribution is 2.19. The molecule has 0 saturated heterocycles. The van der Waals surface area contributed by atoms with Gasteiger partial charge in [0.2, 0.25) is 0 Å². The number of hydrogen-bond donors (Lipinski definition) is 2. The lowest BCUT2D eigenvalue weighted by molar-refractivity contribution is 0.276. The normalized spacial score (nSPS) is 10.3. The van der Waals surface area contributed by atoms with Crippen LogP contribution in [0.1, 0.15) is 11.4 Å². The summed E-state index contributed by atoms with van der Waals surface area (Å²) in [6.07, 6.45) is 0. The van der Waals surface area contributed by atoms with Crippen LogP contribution >= 0.6 is 0 Å². The van der Waals surface area contributed by atoms with Crippen LogP contribution in [0.4, 0.5) is 0 Å². The molecule has 0 aliphatic rings. The van der Waals surface area contributed by atoms with Crippen LogP contribution in [0.25, 0.3) is 0 Å². The summed E-state index contributed by atoms with van der Waals surface area (Å²) in [7, 11) is 0. The minimum absolute atomic E-state index is 0.0829. The summed E-state index contributed by atoms with van der Waals surface area (Å²) in [6, 6.07) is 9.78. The summed E-state index contributed by atoms with van der Waals surface area (Å²) < 4.78 is 5.46. The van der Waals surface area contributed by atoms with E-state index in [1.807, 2.05) is 37.3 Å². The molecule has 0 aliphatic carbocycles. The molecular formula is C11H12N2O2. The van der Waals surface area contributed by atoms with Gasteiger partial charge in [0.1, 0.15) is 5.75 Å². The molecule has 2 rings (SSSR count). The fourth-order valence-corrected chi connectivity index (χ4v) is 1.27. The van der Waals surface area contributed by atoms with Gasteiger partial charge in [-0.3, -0.25) is 0 Å². The second-order valence-corrected chi connectivity index (χ2v) is 3.19. The average molecular weight is 204 g/mol. The maximum atomic E-state index is 8.96. The van der Waals surface area contributed by atoms with Gasteiger partial charge in [0.05, 0.1) is 12.3 Å². The third kappa shape index (κ3) is 2.16. The smallest absolute Gasteiger partial charge is 0.299 e. The van der Waals surface area contributed by atoms with E-state index >= 15 is 0 Å². The number of imidazole rings is 1. The number of hydrogen-bond acceptors (Lipinski definition) is 3. The molecule has 4 heteroatoms. The number of aliphatic hydroxyl groups is 1. The van der Waals surface area contributed by atoms with Crippen LogP contribution in [-0.4, -0.2) is 15.1 Å². The summed E-state index contributed by atoms with van der Waals surface area (Å²) in [5, 5.41) is 8.96. The molecule has 2 N–H and O–H groups in total. The first-order chi connectivity index (χ1) is 7.29. The Balaban J connectivity index is 2.18. The first kappa shape index (κ1) is 9.73. The lowest BCUT2D eigenvalue weighted by Crippen LogP contribution is -1.86. The summed E-state index contributed by atoms with van der Waals surface area (Å²) in [5.74, 6) is 0.718. The van der Waals surface area contributed by atoms with Gasteiger partial charge >= 0.3 is 0 Å². The Morgan fingerprint density at radius 3 is 2.67 bits per heavy atom. The molecule has 0 unspecified atom stereocenters. The van der Waals surface area contributed by atoms with Crippen molar-refractivity contribution in [3.63, 3.8) is 0 Å². The lowest BCUT2D eigenvalue weighted by Gasteiger charge is -1.99. The minimum atomic E-state index is -0.0829. The number of benzene rings is 1. The number of nitrogens with one attached hydrogen (secondary N) is 1. The standard InChI is InChI=1S/C11H12N2O2/c1-8-10(7-14)13-11(12-8)15-9-5-3-2-4-6-9/h2-6,14H,7H2,1H3,(H,12,13). The Morgan fingerprint density at radius 2 is 2.07 bits per heavy atom. The molecule has 0 atom stereocenters. The molecule has 0 fully saturated rings. The molecule has 1 aromatic carbocycles. The third-order valence-electron chi connectivity index (χ3n) is 2.07. The molecule has 0 saturated carbocycles. The number of nitrogens with zero attached hydrogens (tertiary/aromatic N) is 1. The first-order valence-electron chi connectivity index (χ1n) is 4.69. The van der Waals surface area contributed by atoms with Gasteiger partial charge in [0.15, 0.2) is 0 Å². The Bertz CT molecular complexity index is 437. The number of aromatic amines is 1. The third-order valence-corrected chi connectivity index (χ3v) is 2.07. The fraction of sp³-hybridized carbons (Fsp3) is 0.182. The van der Waals surface area contributed by atoms with Crippen molar-refractivity contribution in [3.8, 4) is 11.8 Å². The van der Waals surface area contributed by atoms with Crippen molar-refractivity contribution in [1.29, 1.82) is 0 Å². The zero-order chi connectivity index (χ0) is 10.7. The molecule has 2 aromatic rings. The SMILES string of the molecule is Cc1[nH]c(Oc2ccccc2)nc1CO. The van der Waals surface area contributed by atoms with Crippen LogP contribution in [0.15, 0.2) is 30.3 Å². The molecule has 0 bridgehead atoms. The van der Waals surface area contributed by atoms with Gasteiger partial charge in [-0.25, -0.2) is 0 Å². The van der Waals surface area contributed by atoms with E-state index in [2.05, 4.69) is 9.97 Å². The maximum Gasteiger partial charge on any atom is 0.299 e. The molecule has 78 valence electrons. The molecule has 0 amide bonds. The van der Waals surface area contributed by atoms with Crippen molar-refractivity contribution >= 4 is 0 Å². The minimum Gasteiger partial charge on any atom is -0.426 e. The first-order valence-corrected chi connectivity index (χ1v) is 4.69. The Labute approximate surface area is 87.6 Å². The lowest BCUT2D eigenvalue weighted by atomic mass is 10.3. The Hall–Kier alpha value is -1.81. The summed E-state index contributed by atoms with van der Waals surface area (Å²) >= 11 is 0. The Morgan fingerprint density at radius 1 is 1.33 bits per heavy atom. The number of rotatable bonds is 3. The van der Waals surface area contributed by atoms with Crippen molar-refractivity contribution in [3.05, 3.63) is 41.7 Å². The van der Waals surface area contributed by atoms with E-state index in [4.69, 9.17) is 9.84 Å². The second kappa shape index (κ2) is 4.14. The van der Waals surface area contributed by atoms with Crippen LogP contribution in [-0.2, 0) is 6.61 Å². The van der Waals surface area contributed by atoms with Crippen molar-refractivity contribution in [2.24, 2.45) is 0 Å². The van der Waals surface area contributed by atoms with Gasteiger partial charge in [-0.15, -0.1) is 0 Å². The van der Waals surface area contributed by atoms with Crippen LogP contribution in [0.3, 0.4) is 0 Å². The highest BCUT2D eigenvalue weighted by Gasteiger charge is 2.06. The summed E-state index contributed by atoms with van der Waals surface area (Å²) in [4.78, 5) is 7.05. The summed E-state index contributed by atoms with van der Waals surface area (Å²) in [6.45, 7) is 1.76. The number of aryl methyl sites for hydroxylation is 1. The average Bonchev–Trinajstić information content (AvgIpc) is 2.60.